The van der Waals surface area contributed by atoms with E-state index in [0.717, 1.165) is 80.1 Å². The lowest BCUT2D eigenvalue weighted by molar-refractivity contribution is 0.00667. The van der Waals surface area contributed by atoms with E-state index >= 15 is 0 Å². The van der Waals surface area contributed by atoms with Gasteiger partial charge in [0.1, 0.15) is 29.5 Å². The summed E-state index contributed by atoms with van der Waals surface area (Å²) < 4.78 is 18.6. The van der Waals surface area contributed by atoms with Crippen LogP contribution in [0.2, 0.25) is 0 Å². The van der Waals surface area contributed by atoms with Crippen molar-refractivity contribution in [2.24, 2.45) is 0 Å². The number of benzene rings is 2. The van der Waals surface area contributed by atoms with Crippen molar-refractivity contribution in [1.29, 1.82) is 0 Å². The van der Waals surface area contributed by atoms with E-state index in [1.807, 2.05) is 31.2 Å². The Bertz CT molecular complexity index is 1330. The van der Waals surface area contributed by atoms with Gasteiger partial charge in [0.05, 0.1) is 5.70 Å². The van der Waals surface area contributed by atoms with Crippen molar-refractivity contribution in [3.05, 3.63) is 69.9 Å². The molecule has 0 bridgehead atoms. The fourth-order valence-electron chi connectivity index (χ4n) is 5.68. The zero-order valence-corrected chi connectivity index (χ0v) is 25.6. The molecule has 3 heterocycles. The van der Waals surface area contributed by atoms with E-state index in [-0.39, 0.29) is 18.1 Å². The Hall–Kier alpha value is -3.33. The van der Waals surface area contributed by atoms with Crippen molar-refractivity contribution < 1.29 is 24.1 Å². The summed E-state index contributed by atoms with van der Waals surface area (Å²) in [6.45, 7) is 10.1. The highest BCUT2D eigenvalue weighted by Gasteiger charge is 2.27. The topological polar surface area (TPSA) is 83.5 Å². The number of ether oxygens (including phenoxy) is 3. The summed E-state index contributed by atoms with van der Waals surface area (Å²) in [5.41, 5.74) is 4.60. The maximum atomic E-state index is 13.4. The minimum Gasteiger partial charge on any atom is -0.490 e. The number of fused-ring (bicyclic) bond motifs is 1. The lowest BCUT2D eigenvalue weighted by Crippen LogP contribution is -2.36. The highest BCUT2D eigenvalue weighted by Crippen LogP contribution is 2.38. The Morgan fingerprint density at radius 3 is 2.19 bits per heavy atom. The van der Waals surface area contributed by atoms with Crippen LogP contribution in [-0.2, 0) is 6.42 Å². The highest BCUT2D eigenvalue weighted by molar-refractivity contribution is 5.96. The zero-order valence-electron chi connectivity index (χ0n) is 25.6. The monoisotopic (exact) mass is 575 g/mol. The molecule has 2 N–H and O–H groups in total. The SMILES string of the molecule is CC(C)=CCc1cc(C(=O)NC2=Cc3ccc(OC4CCN(C)CC4)c(C)c3OC2O)ccc1OC1CCN(C)CC1. The van der Waals surface area contributed by atoms with Gasteiger partial charge < -0.3 is 34.4 Å². The number of nitrogens with zero attached hydrogens (tertiary/aromatic N) is 2. The molecule has 1 atom stereocenters. The number of nitrogens with one attached hydrogen (secondary N) is 1. The second-order valence-corrected chi connectivity index (χ2v) is 12.2. The maximum Gasteiger partial charge on any atom is 0.255 e. The van der Waals surface area contributed by atoms with E-state index in [2.05, 4.69) is 49.1 Å². The van der Waals surface area contributed by atoms with Gasteiger partial charge in [0.2, 0.25) is 6.29 Å². The standard InChI is InChI=1S/C34H45N3O5/c1-22(2)6-7-24-20-26(9-11-31(24)41-28-14-18-37(5)19-15-28)33(38)35-29-21-25-8-10-30(23(3)32(25)42-34(29)39)40-27-12-16-36(4)17-13-27/h6,8-11,20-21,27-28,34,39H,7,12-19H2,1-5H3,(H,35,38). The fourth-order valence-corrected chi connectivity index (χ4v) is 5.68. The lowest BCUT2D eigenvalue weighted by Gasteiger charge is -2.31. The smallest absolute Gasteiger partial charge is 0.255 e. The molecule has 42 heavy (non-hydrogen) atoms. The van der Waals surface area contributed by atoms with Crippen LogP contribution in [-0.4, -0.2) is 79.6 Å². The van der Waals surface area contributed by atoms with Crippen molar-refractivity contribution in [1.82, 2.24) is 15.1 Å². The van der Waals surface area contributed by atoms with Crippen molar-refractivity contribution >= 4 is 12.0 Å². The molecule has 0 aromatic heterocycles. The average molecular weight is 576 g/mol. The van der Waals surface area contributed by atoms with Gasteiger partial charge in [-0.2, -0.15) is 0 Å². The number of hydrogen-bond donors (Lipinski definition) is 2. The van der Waals surface area contributed by atoms with E-state index in [1.165, 1.54) is 5.57 Å². The first-order valence-corrected chi connectivity index (χ1v) is 15.1. The molecule has 0 saturated carbocycles. The molecule has 2 fully saturated rings. The first-order valence-electron chi connectivity index (χ1n) is 15.1. The Morgan fingerprint density at radius 2 is 1.57 bits per heavy atom. The molecule has 2 aromatic rings. The van der Waals surface area contributed by atoms with Crippen LogP contribution >= 0.6 is 0 Å². The molecule has 1 unspecified atom stereocenters. The third kappa shape index (κ3) is 7.35. The number of carbonyl (C=O) groups is 1. The van der Waals surface area contributed by atoms with Gasteiger partial charge in [0.15, 0.2) is 0 Å². The molecule has 3 aliphatic heterocycles. The summed E-state index contributed by atoms with van der Waals surface area (Å²) >= 11 is 0. The van der Waals surface area contributed by atoms with Crippen LogP contribution in [0.25, 0.3) is 6.08 Å². The molecule has 2 aromatic carbocycles. The van der Waals surface area contributed by atoms with Crippen molar-refractivity contribution in [3.63, 3.8) is 0 Å². The van der Waals surface area contributed by atoms with E-state index in [9.17, 15) is 9.90 Å². The molecule has 0 spiro atoms. The van der Waals surface area contributed by atoms with Crippen molar-refractivity contribution in [2.45, 2.75) is 71.4 Å². The van der Waals surface area contributed by atoms with E-state index < -0.39 is 6.29 Å². The van der Waals surface area contributed by atoms with Crippen LogP contribution in [0.1, 0.15) is 66.6 Å². The van der Waals surface area contributed by atoms with Crippen LogP contribution in [0, 0.1) is 6.92 Å². The minimum atomic E-state index is -1.30. The van der Waals surface area contributed by atoms with Gasteiger partial charge in [0.25, 0.3) is 5.91 Å². The molecule has 8 heteroatoms. The first-order chi connectivity index (χ1) is 20.2. The Kier molecular flexibility index (Phi) is 9.56. The number of aliphatic hydroxyl groups excluding tert-OH is 1. The van der Waals surface area contributed by atoms with Crippen LogP contribution in [0.15, 0.2) is 47.7 Å². The van der Waals surface area contributed by atoms with Gasteiger partial charge in [-0.3, -0.25) is 4.79 Å². The zero-order chi connectivity index (χ0) is 29.8. The molecule has 0 aliphatic carbocycles. The molecule has 226 valence electrons. The molecular weight excluding hydrogens is 530 g/mol. The number of allylic oxidation sites excluding steroid dienone is 2. The number of aliphatic hydroxyl groups is 1. The Morgan fingerprint density at radius 1 is 0.976 bits per heavy atom. The maximum absolute atomic E-state index is 13.4. The summed E-state index contributed by atoms with van der Waals surface area (Å²) in [6.07, 6.45) is 7.56. The molecule has 3 aliphatic rings. The second-order valence-electron chi connectivity index (χ2n) is 12.2. The third-order valence-corrected chi connectivity index (χ3v) is 8.42. The van der Waals surface area contributed by atoms with Gasteiger partial charge in [-0.25, -0.2) is 0 Å². The molecular formula is C34H45N3O5. The van der Waals surface area contributed by atoms with E-state index in [1.54, 1.807) is 12.1 Å². The normalized spacial score (nSPS) is 20.2. The minimum absolute atomic E-state index is 0.166. The molecule has 2 saturated heterocycles. The summed E-state index contributed by atoms with van der Waals surface area (Å²) in [5.74, 6) is 1.85. The van der Waals surface area contributed by atoms with Gasteiger partial charge in [-0.15, -0.1) is 0 Å². The van der Waals surface area contributed by atoms with E-state index in [0.29, 0.717) is 23.4 Å². The highest BCUT2D eigenvalue weighted by atomic mass is 16.6. The molecule has 1 amide bonds. The number of amides is 1. The van der Waals surface area contributed by atoms with Gasteiger partial charge in [-0.1, -0.05) is 11.6 Å². The first kappa shape index (κ1) is 30.1. The Labute approximate surface area is 249 Å². The van der Waals surface area contributed by atoms with Gasteiger partial charge in [0, 0.05) is 42.9 Å². The van der Waals surface area contributed by atoms with Gasteiger partial charge >= 0.3 is 0 Å². The second kappa shape index (κ2) is 13.3. The predicted molar refractivity (Wildman–Crippen MR) is 165 cm³/mol. The van der Waals surface area contributed by atoms with Crippen molar-refractivity contribution in [3.8, 4) is 17.2 Å². The van der Waals surface area contributed by atoms with Crippen LogP contribution in [0.4, 0.5) is 0 Å². The summed E-state index contributed by atoms with van der Waals surface area (Å²) in [4.78, 5) is 18.0. The third-order valence-electron chi connectivity index (χ3n) is 8.42. The summed E-state index contributed by atoms with van der Waals surface area (Å²) in [7, 11) is 4.26. The number of hydrogen-bond acceptors (Lipinski definition) is 7. The quantitative estimate of drug-likeness (QED) is 0.432. The summed E-state index contributed by atoms with van der Waals surface area (Å²) in [5, 5.41) is 13.7. The number of likely N-dealkylation sites (tertiary alicyclic amines) is 2. The predicted octanol–water partition coefficient (Wildman–Crippen LogP) is 4.93. The van der Waals surface area contributed by atoms with E-state index in [4.69, 9.17) is 14.2 Å². The van der Waals surface area contributed by atoms with Crippen LogP contribution in [0.3, 0.4) is 0 Å². The van der Waals surface area contributed by atoms with Crippen LogP contribution in [0.5, 0.6) is 17.2 Å². The average Bonchev–Trinajstić information content (AvgIpc) is 2.97. The largest absolute Gasteiger partial charge is 0.490 e. The Balaban J connectivity index is 1.30. The van der Waals surface area contributed by atoms with Crippen molar-refractivity contribution in [2.75, 3.05) is 40.3 Å². The molecule has 0 radical (unpaired) electrons. The summed E-state index contributed by atoms with van der Waals surface area (Å²) in [6, 6.07) is 9.43. The lowest BCUT2D eigenvalue weighted by atomic mass is 10.0. The fraction of sp³-hybridized carbons (Fsp3) is 0.500. The molecule has 8 nitrogen and oxygen atoms in total. The van der Waals surface area contributed by atoms with Gasteiger partial charge in [-0.05, 0) is 109 Å². The number of piperidine rings is 2. The molecule has 5 rings (SSSR count). The number of carbonyl (C=O) groups excluding carboxylic acids is 1. The number of rotatable bonds is 8. The van der Waals surface area contributed by atoms with Crippen LogP contribution < -0.4 is 19.5 Å².